The molecule has 3 heteroatoms. The van der Waals surface area contributed by atoms with Crippen molar-refractivity contribution in [2.75, 3.05) is 13.6 Å². The second-order valence-corrected chi connectivity index (χ2v) is 3.22. The molecule has 0 aromatic rings. The summed E-state index contributed by atoms with van der Waals surface area (Å²) in [6, 6.07) is 0.418. The zero-order valence-corrected chi connectivity index (χ0v) is 7.16. The summed E-state index contributed by atoms with van der Waals surface area (Å²) in [5, 5.41) is 0. The van der Waals surface area contributed by atoms with Crippen LogP contribution in [0.3, 0.4) is 0 Å². The standard InChI is InChI=1S/C8H17N3/c1-10-8(9)7-5-3-4-6-11(7)2/h7-8H,1,3-6,9H2,2H3. The number of likely N-dealkylation sites (N-methyl/N-ethyl adjacent to an activating group) is 1. The first-order chi connectivity index (χ1) is 5.25. The van der Waals surface area contributed by atoms with Crippen molar-refractivity contribution in [3.05, 3.63) is 0 Å². The van der Waals surface area contributed by atoms with E-state index in [4.69, 9.17) is 5.73 Å². The summed E-state index contributed by atoms with van der Waals surface area (Å²) in [6.45, 7) is 4.62. The molecule has 11 heavy (non-hydrogen) atoms. The first-order valence-electron chi connectivity index (χ1n) is 4.17. The van der Waals surface area contributed by atoms with Crippen LogP contribution in [0.2, 0.25) is 0 Å². The fourth-order valence-corrected chi connectivity index (χ4v) is 1.65. The van der Waals surface area contributed by atoms with E-state index >= 15 is 0 Å². The normalized spacial score (nSPS) is 29.8. The number of rotatable bonds is 2. The number of piperidine rings is 1. The molecule has 2 N–H and O–H groups in total. The Morgan fingerprint density at radius 2 is 2.36 bits per heavy atom. The molecule has 0 aromatic carbocycles. The molecule has 1 aliphatic rings. The van der Waals surface area contributed by atoms with Crippen molar-refractivity contribution >= 4 is 6.72 Å². The monoisotopic (exact) mass is 155 g/mol. The highest BCUT2D eigenvalue weighted by Crippen LogP contribution is 2.16. The van der Waals surface area contributed by atoms with E-state index in [1.165, 1.54) is 12.8 Å². The van der Waals surface area contributed by atoms with Crippen LogP contribution >= 0.6 is 0 Å². The number of nitrogens with zero attached hydrogens (tertiary/aromatic N) is 2. The summed E-state index contributed by atoms with van der Waals surface area (Å²) in [5.41, 5.74) is 5.77. The van der Waals surface area contributed by atoms with E-state index in [2.05, 4.69) is 23.7 Å². The van der Waals surface area contributed by atoms with E-state index in [-0.39, 0.29) is 6.17 Å². The molecule has 0 radical (unpaired) electrons. The molecular formula is C8H17N3. The van der Waals surface area contributed by atoms with Crippen molar-refractivity contribution in [2.24, 2.45) is 10.7 Å². The second-order valence-electron chi connectivity index (χ2n) is 3.22. The van der Waals surface area contributed by atoms with E-state index in [0.29, 0.717) is 6.04 Å². The van der Waals surface area contributed by atoms with Crippen molar-refractivity contribution in [2.45, 2.75) is 31.5 Å². The Kier molecular flexibility index (Phi) is 3.02. The third kappa shape index (κ3) is 2.01. The minimum absolute atomic E-state index is 0.0969. The first kappa shape index (κ1) is 8.68. The van der Waals surface area contributed by atoms with Gasteiger partial charge >= 0.3 is 0 Å². The van der Waals surface area contributed by atoms with E-state index in [0.717, 1.165) is 13.0 Å². The molecule has 0 aromatic heterocycles. The largest absolute Gasteiger partial charge is 0.308 e. The Labute approximate surface area is 68.3 Å². The van der Waals surface area contributed by atoms with Gasteiger partial charge in [-0.25, -0.2) is 0 Å². The lowest BCUT2D eigenvalue weighted by Crippen LogP contribution is -2.47. The van der Waals surface area contributed by atoms with Gasteiger partial charge in [0.15, 0.2) is 0 Å². The average molecular weight is 155 g/mol. The van der Waals surface area contributed by atoms with Crippen LogP contribution in [-0.4, -0.2) is 37.4 Å². The second kappa shape index (κ2) is 3.83. The SMILES string of the molecule is C=NC(N)C1CCCCN1C. The molecule has 2 unspecified atom stereocenters. The zero-order chi connectivity index (χ0) is 8.27. The molecule has 64 valence electrons. The Morgan fingerprint density at radius 1 is 1.64 bits per heavy atom. The van der Waals surface area contributed by atoms with Crippen LogP contribution in [0.5, 0.6) is 0 Å². The zero-order valence-electron chi connectivity index (χ0n) is 7.16. The van der Waals surface area contributed by atoms with Gasteiger partial charge in [0.1, 0.15) is 6.17 Å². The number of hydrogen-bond donors (Lipinski definition) is 1. The summed E-state index contributed by atoms with van der Waals surface area (Å²) in [4.78, 5) is 6.13. The summed E-state index contributed by atoms with van der Waals surface area (Å²) in [5.74, 6) is 0. The predicted octanol–water partition coefficient (Wildman–Crippen LogP) is 0.456. The lowest BCUT2D eigenvalue weighted by Gasteiger charge is -2.34. The summed E-state index contributed by atoms with van der Waals surface area (Å²) in [7, 11) is 2.11. The fraction of sp³-hybridized carbons (Fsp3) is 0.875. The summed E-state index contributed by atoms with van der Waals surface area (Å²) >= 11 is 0. The van der Waals surface area contributed by atoms with Gasteiger partial charge in [-0.1, -0.05) is 6.42 Å². The molecule has 0 bridgehead atoms. The van der Waals surface area contributed by atoms with E-state index in [1.54, 1.807) is 0 Å². The average Bonchev–Trinajstić information content (AvgIpc) is 2.04. The van der Waals surface area contributed by atoms with Crippen LogP contribution in [0.25, 0.3) is 0 Å². The van der Waals surface area contributed by atoms with Crippen molar-refractivity contribution < 1.29 is 0 Å². The Morgan fingerprint density at radius 3 is 2.91 bits per heavy atom. The van der Waals surface area contributed by atoms with Gasteiger partial charge in [0, 0.05) is 6.04 Å². The van der Waals surface area contributed by atoms with Crippen LogP contribution in [0, 0.1) is 0 Å². The highest BCUT2D eigenvalue weighted by atomic mass is 15.2. The van der Waals surface area contributed by atoms with Crippen molar-refractivity contribution in [3.63, 3.8) is 0 Å². The Balaban J connectivity index is 2.46. The summed E-state index contributed by atoms with van der Waals surface area (Å²) in [6.07, 6.45) is 3.63. The van der Waals surface area contributed by atoms with Crippen LogP contribution in [-0.2, 0) is 0 Å². The molecule has 3 nitrogen and oxygen atoms in total. The molecule has 1 aliphatic heterocycles. The van der Waals surface area contributed by atoms with Gasteiger partial charge in [0.25, 0.3) is 0 Å². The maximum absolute atomic E-state index is 5.77. The maximum atomic E-state index is 5.77. The minimum Gasteiger partial charge on any atom is -0.308 e. The maximum Gasteiger partial charge on any atom is 0.112 e. The first-order valence-corrected chi connectivity index (χ1v) is 4.17. The molecule has 0 saturated carbocycles. The van der Waals surface area contributed by atoms with Gasteiger partial charge in [0.05, 0.1) is 0 Å². The quantitative estimate of drug-likeness (QED) is 0.588. The van der Waals surface area contributed by atoms with E-state index in [9.17, 15) is 0 Å². The Bertz CT molecular complexity index is 135. The predicted molar refractivity (Wildman–Crippen MR) is 47.8 cm³/mol. The molecule has 1 saturated heterocycles. The van der Waals surface area contributed by atoms with Gasteiger partial charge in [-0.05, 0) is 33.2 Å². The van der Waals surface area contributed by atoms with Crippen molar-refractivity contribution in [1.82, 2.24) is 4.90 Å². The van der Waals surface area contributed by atoms with Crippen molar-refractivity contribution in [3.8, 4) is 0 Å². The highest BCUT2D eigenvalue weighted by molar-refractivity contribution is 5.24. The third-order valence-corrected chi connectivity index (χ3v) is 2.43. The molecule has 1 heterocycles. The number of nitrogens with two attached hydrogens (primary N) is 1. The van der Waals surface area contributed by atoms with E-state index < -0.39 is 0 Å². The molecule has 1 fully saturated rings. The van der Waals surface area contributed by atoms with Gasteiger partial charge in [-0.15, -0.1) is 0 Å². The van der Waals surface area contributed by atoms with E-state index in [1.807, 2.05) is 0 Å². The number of aliphatic imine (C=N–C) groups is 1. The van der Waals surface area contributed by atoms with Gasteiger partial charge in [0.2, 0.25) is 0 Å². The van der Waals surface area contributed by atoms with Crippen molar-refractivity contribution in [1.29, 1.82) is 0 Å². The van der Waals surface area contributed by atoms with Crippen LogP contribution in [0.15, 0.2) is 4.99 Å². The van der Waals surface area contributed by atoms with Gasteiger partial charge in [-0.3, -0.25) is 9.89 Å². The third-order valence-electron chi connectivity index (χ3n) is 2.43. The highest BCUT2D eigenvalue weighted by Gasteiger charge is 2.23. The van der Waals surface area contributed by atoms with Crippen LogP contribution in [0.4, 0.5) is 0 Å². The Hall–Kier alpha value is -0.410. The molecule has 2 atom stereocenters. The lowest BCUT2D eigenvalue weighted by molar-refractivity contribution is 0.162. The molecule has 0 amide bonds. The minimum atomic E-state index is -0.0969. The van der Waals surface area contributed by atoms with Gasteiger partial charge in [-0.2, -0.15) is 0 Å². The van der Waals surface area contributed by atoms with Gasteiger partial charge < -0.3 is 5.73 Å². The number of likely N-dealkylation sites (tertiary alicyclic amines) is 1. The fourth-order valence-electron chi connectivity index (χ4n) is 1.65. The molecule has 1 rings (SSSR count). The van der Waals surface area contributed by atoms with Crippen LogP contribution < -0.4 is 5.73 Å². The molecular weight excluding hydrogens is 138 g/mol. The molecule has 0 spiro atoms. The molecule has 0 aliphatic carbocycles. The smallest absolute Gasteiger partial charge is 0.112 e. The van der Waals surface area contributed by atoms with Crippen LogP contribution in [0.1, 0.15) is 19.3 Å². The topological polar surface area (TPSA) is 41.6 Å². The number of hydrogen-bond acceptors (Lipinski definition) is 3. The lowest BCUT2D eigenvalue weighted by atomic mass is 10.0. The summed E-state index contributed by atoms with van der Waals surface area (Å²) < 4.78 is 0.